The lowest BCUT2D eigenvalue weighted by Crippen LogP contribution is -2.34. The van der Waals surface area contributed by atoms with Gasteiger partial charge in [0.2, 0.25) is 0 Å². The number of carbonyl (C=O) groups is 2. The molecule has 0 spiro atoms. The first-order chi connectivity index (χ1) is 15.7. The van der Waals surface area contributed by atoms with Crippen LogP contribution in [-0.2, 0) is 10.9 Å². The average molecular weight is 462 g/mol. The Morgan fingerprint density at radius 1 is 1.03 bits per heavy atom. The number of halogens is 3. The number of rotatable bonds is 4. The largest absolute Gasteiger partial charge is 0.497 e. The van der Waals surface area contributed by atoms with E-state index in [4.69, 9.17) is 9.47 Å². The molecular weight excluding hydrogens is 437 g/mol. The van der Waals surface area contributed by atoms with E-state index in [0.29, 0.717) is 42.9 Å². The van der Waals surface area contributed by atoms with E-state index in [2.05, 4.69) is 5.32 Å². The van der Waals surface area contributed by atoms with Crippen LogP contribution in [0.5, 0.6) is 5.75 Å². The lowest BCUT2D eigenvalue weighted by Gasteiger charge is -2.22. The van der Waals surface area contributed by atoms with E-state index in [0.717, 1.165) is 6.07 Å². The van der Waals surface area contributed by atoms with Gasteiger partial charge in [-0.2, -0.15) is 13.2 Å². The zero-order valence-electron chi connectivity index (χ0n) is 18.3. The molecule has 0 unspecified atom stereocenters. The molecule has 3 atom stereocenters. The molecule has 9 heteroatoms. The van der Waals surface area contributed by atoms with Crippen LogP contribution in [-0.4, -0.2) is 44.2 Å². The van der Waals surface area contributed by atoms with Crippen molar-refractivity contribution in [2.75, 3.05) is 32.6 Å². The molecule has 1 heterocycles. The van der Waals surface area contributed by atoms with Crippen LogP contribution in [0.25, 0.3) is 0 Å². The Bertz CT molecular complexity index is 1040. The van der Waals surface area contributed by atoms with E-state index in [-0.39, 0.29) is 29.3 Å². The highest BCUT2D eigenvalue weighted by Gasteiger charge is 2.45. The summed E-state index contributed by atoms with van der Waals surface area (Å²) in [5, 5.41) is 2.76. The summed E-state index contributed by atoms with van der Waals surface area (Å²) in [7, 11) is 2.72. The van der Waals surface area contributed by atoms with Gasteiger partial charge in [0.25, 0.3) is 0 Å². The number of likely N-dealkylation sites (tertiary alicyclic amines) is 1. The highest BCUT2D eigenvalue weighted by Crippen LogP contribution is 2.48. The maximum atomic E-state index is 13.4. The molecule has 2 aliphatic rings. The van der Waals surface area contributed by atoms with Crippen molar-refractivity contribution in [2.45, 2.75) is 24.9 Å². The molecule has 33 heavy (non-hydrogen) atoms. The normalized spacial score (nSPS) is 22.1. The molecule has 1 saturated carbocycles. The number of amides is 2. The zero-order chi connectivity index (χ0) is 23.8. The number of nitrogens with one attached hydrogen (secondary N) is 1. The number of esters is 1. The van der Waals surface area contributed by atoms with Crippen molar-refractivity contribution in [2.24, 2.45) is 11.8 Å². The Morgan fingerprint density at radius 3 is 2.30 bits per heavy atom. The number of anilines is 1. The number of carbonyl (C=O) groups excluding carboxylic acids is 2. The molecule has 0 aromatic heterocycles. The van der Waals surface area contributed by atoms with Gasteiger partial charge in [-0.25, -0.2) is 9.59 Å². The van der Waals surface area contributed by atoms with Gasteiger partial charge in [-0.15, -0.1) is 0 Å². The molecule has 2 aromatic rings. The molecule has 1 aliphatic heterocycles. The van der Waals surface area contributed by atoms with Gasteiger partial charge in [-0.05, 0) is 60.4 Å². The van der Waals surface area contributed by atoms with E-state index in [1.54, 1.807) is 29.2 Å². The van der Waals surface area contributed by atoms with Crippen LogP contribution in [0.4, 0.5) is 23.7 Å². The van der Waals surface area contributed by atoms with E-state index in [9.17, 15) is 22.8 Å². The number of ether oxygens (including phenoxy) is 2. The van der Waals surface area contributed by atoms with Gasteiger partial charge < -0.3 is 19.7 Å². The number of alkyl halides is 3. The second-order valence-corrected chi connectivity index (χ2v) is 8.51. The number of benzene rings is 2. The maximum absolute atomic E-state index is 13.4. The van der Waals surface area contributed by atoms with Crippen LogP contribution in [0, 0.1) is 11.8 Å². The van der Waals surface area contributed by atoms with Crippen molar-refractivity contribution < 1.29 is 32.2 Å². The molecule has 0 radical (unpaired) electrons. The smallest absolute Gasteiger partial charge is 0.416 e. The monoisotopic (exact) mass is 462 g/mol. The van der Waals surface area contributed by atoms with Crippen molar-refractivity contribution in [1.29, 1.82) is 0 Å². The summed E-state index contributed by atoms with van der Waals surface area (Å²) < 4.78 is 50.2. The summed E-state index contributed by atoms with van der Waals surface area (Å²) in [6.07, 6.45) is -3.16. The Balaban J connectivity index is 1.43. The van der Waals surface area contributed by atoms with E-state index >= 15 is 0 Å². The van der Waals surface area contributed by atoms with Gasteiger partial charge in [0.1, 0.15) is 5.75 Å². The number of urea groups is 1. The third kappa shape index (κ3) is 4.62. The predicted molar refractivity (Wildman–Crippen MR) is 115 cm³/mol. The molecule has 1 N–H and O–H groups in total. The summed E-state index contributed by atoms with van der Waals surface area (Å²) in [5.74, 6) is -0.0468. The fraction of sp³-hybridized carbons (Fsp3) is 0.417. The first-order valence-corrected chi connectivity index (χ1v) is 10.7. The third-order valence-corrected chi connectivity index (χ3v) is 6.62. The molecule has 4 rings (SSSR count). The fourth-order valence-electron chi connectivity index (χ4n) is 5.06. The van der Waals surface area contributed by atoms with E-state index < -0.39 is 17.7 Å². The van der Waals surface area contributed by atoms with Crippen molar-refractivity contribution in [3.63, 3.8) is 0 Å². The van der Waals surface area contributed by atoms with Gasteiger partial charge in [-0.3, -0.25) is 0 Å². The maximum Gasteiger partial charge on any atom is 0.416 e. The second kappa shape index (κ2) is 8.96. The second-order valence-electron chi connectivity index (χ2n) is 8.51. The Hall–Kier alpha value is -3.23. The minimum Gasteiger partial charge on any atom is -0.497 e. The van der Waals surface area contributed by atoms with Gasteiger partial charge in [0.15, 0.2) is 0 Å². The minimum atomic E-state index is -4.38. The van der Waals surface area contributed by atoms with Crippen LogP contribution in [0.15, 0.2) is 42.5 Å². The molecule has 2 aromatic carbocycles. The van der Waals surface area contributed by atoms with Gasteiger partial charge in [0.05, 0.1) is 31.0 Å². The van der Waals surface area contributed by atoms with E-state index in [1.807, 2.05) is 0 Å². The first-order valence-electron chi connectivity index (χ1n) is 10.7. The number of hydrogen-bond acceptors (Lipinski definition) is 4. The molecule has 176 valence electrons. The highest BCUT2D eigenvalue weighted by atomic mass is 19.4. The number of fused-ring (bicyclic) bond motifs is 1. The summed E-state index contributed by atoms with van der Waals surface area (Å²) in [5.41, 5.74) is 0.255. The Kier molecular flexibility index (Phi) is 6.23. The summed E-state index contributed by atoms with van der Waals surface area (Å²) in [6, 6.07) is 10.1. The number of hydrogen-bond donors (Lipinski definition) is 1. The molecule has 2 amide bonds. The Morgan fingerprint density at radius 2 is 1.70 bits per heavy atom. The van der Waals surface area contributed by atoms with Crippen LogP contribution >= 0.6 is 0 Å². The predicted octanol–water partition coefficient (Wildman–Crippen LogP) is 5.16. The standard InChI is InChI=1S/C24H25F3N2O4/c1-32-17-7-8-21(19(11-17)22(30)33-2)28-23(31)29-12-15-9-14(10-16(15)13-29)18-5-3-4-6-20(18)24(25,26)27/h3-8,11,14-16H,9-10,12-13H2,1-2H3,(H,28,31)/t14-,15+,16-. The van der Waals surface area contributed by atoms with Crippen LogP contribution in [0.1, 0.15) is 40.2 Å². The number of methoxy groups -OCH3 is 2. The van der Waals surface area contributed by atoms with Crippen molar-refractivity contribution >= 4 is 17.7 Å². The summed E-state index contributed by atoms with van der Waals surface area (Å²) in [4.78, 5) is 26.7. The molecule has 0 bridgehead atoms. The SMILES string of the molecule is COC(=O)c1cc(OC)ccc1NC(=O)N1C[C@H]2C[C@H](c3ccccc3C(F)(F)F)C[C@H]2C1. The minimum absolute atomic E-state index is 0.137. The van der Waals surface area contributed by atoms with Gasteiger partial charge in [0, 0.05) is 13.1 Å². The van der Waals surface area contributed by atoms with Gasteiger partial charge >= 0.3 is 18.2 Å². The van der Waals surface area contributed by atoms with Crippen LogP contribution < -0.4 is 10.1 Å². The first kappa shape index (κ1) is 22.9. The zero-order valence-corrected chi connectivity index (χ0v) is 18.3. The molecule has 1 saturated heterocycles. The molecular formula is C24H25F3N2O4. The van der Waals surface area contributed by atoms with Crippen molar-refractivity contribution in [3.05, 3.63) is 59.2 Å². The summed E-state index contributed by atoms with van der Waals surface area (Å²) in [6.45, 7) is 0.926. The highest BCUT2D eigenvalue weighted by molar-refractivity contribution is 6.01. The average Bonchev–Trinajstić information content (AvgIpc) is 3.38. The molecule has 1 aliphatic carbocycles. The van der Waals surface area contributed by atoms with E-state index in [1.165, 1.54) is 26.4 Å². The van der Waals surface area contributed by atoms with Crippen molar-refractivity contribution in [3.8, 4) is 5.75 Å². The molecule has 6 nitrogen and oxygen atoms in total. The summed E-state index contributed by atoms with van der Waals surface area (Å²) >= 11 is 0. The van der Waals surface area contributed by atoms with Crippen molar-refractivity contribution in [1.82, 2.24) is 4.90 Å². The quantitative estimate of drug-likeness (QED) is 0.638. The topological polar surface area (TPSA) is 67.9 Å². The lowest BCUT2D eigenvalue weighted by molar-refractivity contribution is -0.138. The number of nitrogens with zero attached hydrogens (tertiary/aromatic N) is 1. The Labute approximate surface area is 189 Å². The van der Waals surface area contributed by atoms with Crippen LogP contribution in [0.3, 0.4) is 0 Å². The fourth-order valence-corrected chi connectivity index (χ4v) is 5.06. The molecule has 2 fully saturated rings. The third-order valence-electron chi connectivity index (χ3n) is 6.62. The van der Waals surface area contributed by atoms with Crippen LogP contribution in [0.2, 0.25) is 0 Å². The van der Waals surface area contributed by atoms with Gasteiger partial charge in [-0.1, -0.05) is 18.2 Å². The lowest BCUT2D eigenvalue weighted by atomic mass is 9.91.